The van der Waals surface area contributed by atoms with Gasteiger partial charge in [0.1, 0.15) is 18.0 Å². The Hall–Kier alpha value is -3.35. The van der Waals surface area contributed by atoms with E-state index in [1.165, 1.54) is 6.33 Å². The lowest BCUT2D eigenvalue weighted by Gasteiger charge is -2.19. The summed E-state index contributed by atoms with van der Waals surface area (Å²) in [6.07, 6.45) is 6.40. The number of rotatable bonds is 6. The van der Waals surface area contributed by atoms with Crippen LogP contribution in [0.1, 0.15) is 25.6 Å². The number of sulfone groups is 1. The van der Waals surface area contributed by atoms with Crippen LogP contribution in [0.4, 0.5) is 10.6 Å². The molecular formula is C22H29N9O3S. The van der Waals surface area contributed by atoms with Crippen molar-refractivity contribution >= 4 is 32.9 Å². The van der Waals surface area contributed by atoms with Gasteiger partial charge in [-0.15, -0.1) is 0 Å². The van der Waals surface area contributed by atoms with Crippen LogP contribution in [0.2, 0.25) is 0 Å². The van der Waals surface area contributed by atoms with Crippen LogP contribution >= 0.6 is 0 Å². The van der Waals surface area contributed by atoms with Gasteiger partial charge in [0.25, 0.3) is 0 Å². The number of hydrogen-bond acceptors (Lipinski definition) is 9. The molecule has 2 amide bonds. The number of amides is 2. The van der Waals surface area contributed by atoms with Gasteiger partial charge in [0, 0.05) is 44.6 Å². The number of nitrogens with one attached hydrogen (secondary N) is 2. The molecule has 0 radical (unpaired) electrons. The van der Waals surface area contributed by atoms with Gasteiger partial charge in [0.05, 0.1) is 17.1 Å². The summed E-state index contributed by atoms with van der Waals surface area (Å²) in [4.78, 5) is 36.7. The van der Waals surface area contributed by atoms with E-state index >= 15 is 0 Å². The SMILES string of the molecule is CCn1c(-c2cnc(C)nc2)nc2c(NC3CCN(C(=O)NCC4CCS(=O)(=O)C4)C3)ncnc21. The zero-order valence-electron chi connectivity index (χ0n) is 19.8. The molecule has 13 heteroatoms. The average Bonchev–Trinajstić information content (AvgIpc) is 3.55. The van der Waals surface area contributed by atoms with Crippen molar-refractivity contribution < 1.29 is 13.2 Å². The summed E-state index contributed by atoms with van der Waals surface area (Å²) in [6, 6.07) is -0.146. The van der Waals surface area contributed by atoms with Gasteiger partial charge < -0.3 is 20.1 Å². The molecule has 3 aromatic rings. The van der Waals surface area contributed by atoms with E-state index in [0.29, 0.717) is 49.8 Å². The lowest BCUT2D eigenvalue weighted by atomic mass is 10.1. The molecule has 2 aliphatic heterocycles. The fourth-order valence-corrected chi connectivity index (χ4v) is 6.56. The fourth-order valence-electron chi connectivity index (χ4n) is 4.70. The first-order valence-corrected chi connectivity index (χ1v) is 13.6. The maximum atomic E-state index is 12.6. The van der Waals surface area contributed by atoms with E-state index in [2.05, 4.69) is 30.6 Å². The molecule has 2 fully saturated rings. The summed E-state index contributed by atoms with van der Waals surface area (Å²) in [6.45, 7) is 6.06. The van der Waals surface area contributed by atoms with Crippen molar-refractivity contribution in [2.24, 2.45) is 5.92 Å². The molecule has 2 aliphatic rings. The molecular weight excluding hydrogens is 470 g/mol. The number of likely N-dealkylation sites (tertiary alicyclic amines) is 1. The number of anilines is 1. The lowest BCUT2D eigenvalue weighted by molar-refractivity contribution is 0.207. The topological polar surface area (TPSA) is 148 Å². The summed E-state index contributed by atoms with van der Waals surface area (Å²) < 4.78 is 25.3. The van der Waals surface area contributed by atoms with Crippen LogP contribution in [0.5, 0.6) is 0 Å². The van der Waals surface area contributed by atoms with Crippen LogP contribution in [-0.4, -0.2) is 86.0 Å². The number of carbonyl (C=O) groups is 1. The molecule has 186 valence electrons. The van der Waals surface area contributed by atoms with Gasteiger partial charge in [-0.25, -0.2) is 38.1 Å². The Bertz CT molecular complexity index is 1340. The van der Waals surface area contributed by atoms with E-state index in [1.54, 1.807) is 17.3 Å². The predicted molar refractivity (Wildman–Crippen MR) is 131 cm³/mol. The number of hydrogen-bond donors (Lipinski definition) is 2. The molecule has 0 aliphatic carbocycles. The maximum Gasteiger partial charge on any atom is 0.317 e. The quantitative estimate of drug-likeness (QED) is 0.511. The number of aromatic nitrogens is 6. The number of aryl methyl sites for hydroxylation is 2. The molecule has 0 spiro atoms. The highest BCUT2D eigenvalue weighted by molar-refractivity contribution is 7.91. The number of fused-ring (bicyclic) bond motifs is 1. The normalized spacial score (nSPS) is 21.5. The van der Waals surface area contributed by atoms with Crippen molar-refractivity contribution in [2.75, 3.05) is 36.5 Å². The molecule has 2 saturated heterocycles. The van der Waals surface area contributed by atoms with Gasteiger partial charge in [0.15, 0.2) is 26.8 Å². The highest BCUT2D eigenvalue weighted by Gasteiger charge is 2.31. The summed E-state index contributed by atoms with van der Waals surface area (Å²) in [7, 11) is -2.95. The summed E-state index contributed by atoms with van der Waals surface area (Å²) in [5.74, 6) is 2.41. The van der Waals surface area contributed by atoms with Gasteiger partial charge in [-0.3, -0.25) is 0 Å². The Labute approximate surface area is 203 Å². The molecule has 5 heterocycles. The molecule has 0 saturated carbocycles. The molecule has 12 nitrogen and oxygen atoms in total. The van der Waals surface area contributed by atoms with Crippen molar-refractivity contribution in [3.8, 4) is 11.4 Å². The van der Waals surface area contributed by atoms with Crippen LogP contribution in [0, 0.1) is 12.8 Å². The van der Waals surface area contributed by atoms with Gasteiger partial charge in [0.2, 0.25) is 0 Å². The van der Waals surface area contributed by atoms with Crippen LogP contribution in [0.3, 0.4) is 0 Å². The standard InChI is InChI=1S/C22H29N9O3S/c1-3-31-20(16-9-23-14(2)24-10-16)29-18-19(26-13-27-21(18)31)28-17-4-6-30(11-17)22(32)25-8-15-5-7-35(33,34)12-15/h9-10,13,15,17H,3-8,11-12H2,1-2H3,(H,25,32)(H,26,27,28). The Morgan fingerprint density at radius 3 is 2.69 bits per heavy atom. The Morgan fingerprint density at radius 1 is 1.17 bits per heavy atom. The second-order valence-electron chi connectivity index (χ2n) is 9.12. The zero-order chi connectivity index (χ0) is 24.6. The van der Waals surface area contributed by atoms with Crippen LogP contribution < -0.4 is 10.6 Å². The Kier molecular flexibility index (Phi) is 6.26. The van der Waals surface area contributed by atoms with Crippen LogP contribution in [0.25, 0.3) is 22.6 Å². The average molecular weight is 500 g/mol. The molecule has 2 N–H and O–H groups in total. The number of urea groups is 1. The van der Waals surface area contributed by atoms with Crippen molar-refractivity contribution in [2.45, 2.75) is 39.3 Å². The second kappa shape index (κ2) is 9.36. The third-order valence-electron chi connectivity index (χ3n) is 6.57. The zero-order valence-corrected chi connectivity index (χ0v) is 20.6. The minimum Gasteiger partial charge on any atom is -0.364 e. The minimum atomic E-state index is -2.95. The summed E-state index contributed by atoms with van der Waals surface area (Å²) >= 11 is 0. The molecule has 0 bridgehead atoms. The van der Waals surface area contributed by atoms with Crippen molar-refractivity contribution in [3.05, 3.63) is 24.5 Å². The summed E-state index contributed by atoms with van der Waals surface area (Å²) in [5.41, 5.74) is 2.19. The smallest absolute Gasteiger partial charge is 0.317 e. The third kappa shape index (κ3) is 4.90. The van der Waals surface area contributed by atoms with Gasteiger partial charge >= 0.3 is 6.03 Å². The largest absolute Gasteiger partial charge is 0.364 e. The highest BCUT2D eigenvalue weighted by atomic mass is 32.2. The van der Waals surface area contributed by atoms with Crippen LogP contribution in [0.15, 0.2) is 18.7 Å². The van der Waals surface area contributed by atoms with Crippen LogP contribution in [-0.2, 0) is 16.4 Å². The van der Waals surface area contributed by atoms with E-state index in [4.69, 9.17) is 4.98 Å². The third-order valence-corrected chi connectivity index (χ3v) is 8.41. The lowest BCUT2D eigenvalue weighted by Crippen LogP contribution is -2.41. The first kappa shape index (κ1) is 23.4. The van der Waals surface area contributed by atoms with Gasteiger partial charge in [-0.1, -0.05) is 0 Å². The first-order chi connectivity index (χ1) is 16.8. The summed E-state index contributed by atoms with van der Waals surface area (Å²) in [5, 5.41) is 6.34. The molecule has 0 aromatic carbocycles. The van der Waals surface area contributed by atoms with E-state index in [9.17, 15) is 13.2 Å². The minimum absolute atomic E-state index is 0.00317. The van der Waals surface area contributed by atoms with Crippen molar-refractivity contribution in [1.29, 1.82) is 0 Å². The number of imidazole rings is 1. The molecule has 2 unspecified atom stereocenters. The predicted octanol–water partition coefficient (Wildman–Crippen LogP) is 1.24. The maximum absolute atomic E-state index is 12.6. The number of nitrogens with zero attached hydrogens (tertiary/aromatic N) is 7. The monoisotopic (exact) mass is 499 g/mol. The molecule has 35 heavy (non-hydrogen) atoms. The molecule has 3 aromatic heterocycles. The second-order valence-corrected chi connectivity index (χ2v) is 11.4. The first-order valence-electron chi connectivity index (χ1n) is 11.8. The number of carbonyl (C=O) groups excluding carboxylic acids is 1. The van der Waals surface area contributed by atoms with E-state index in [1.807, 2.05) is 18.4 Å². The van der Waals surface area contributed by atoms with E-state index in [0.717, 1.165) is 23.5 Å². The molecule has 2 atom stereocenters. The Morgan fingerprint density at radius 2 is 1.97 bits per heavy atom. The van der Waals surface area contributed by atoms with Gasteiger partial charge in [-0.05, 0) is 32.6 Å². The highest BCUT2D eigenvalue weighted by Crippen LogP contribution is 2.27. The van der Waals surface area contributed by atoms with Crippen molar-refractivity contribution in [1.82, 2.24) is 39.7 Å². The van der Waals surface area contributed by atoms with E-state index < -0.39 is 9.84 Å². The van der Waals surface area contributed by atoms with Crippen molar-refractivity contribution in [3.63, 3.8) is 0 Å². The fraction of sp³-hybridized carbons (Fsp3) is 0.545. The van der Waals surface area contributed by atoms with Gasteiger partial charge in [-0.2, -0.15) is 0 Å². The van der Waals surface area contributed by atoms with E-state index in [-0.39, 0.29) is 29.5 Å². The molecule has 5 rings (SSSR count). The Balaban J connectivity index is 1.27.